The van der Waals surface area contributed by atoms with E-state index in [9.17, 15) is 0 Å². The summed E-state index contributed by atoms with van der Waals surface area (Å²) in [4.78, 5) is 4.73. The van der Waals surface area contributed by atoms with Crippen LogP contribution in [0.3, 0.4) is 0 Å². The maximum Gasteiger partial charge on any atom is 0.191 e. The summed E-state index contributed by atoms with van der Waals surface area (Å²) >= 11 is 0. The highest BCUT2D eigenvalue weighted by Crippen LogP contribution is 2.28. The van der Waals surface area contributed by atoms with Crippen molar-refractivity contribution in [2.75, 3.05) is 19.8 Å². The van der Waals surface area contributed by atoms with Gasteiger partial charge in [0.2, 0.25) is 0 Å². The summed E-state index contributed by atoms with van der Waals surface area (Å²) in [6.45, 7) is 8.23. The van der Waals surface area contributed by atoms with E-state index >= 15 is 0 Å². The van der Waals surface area contributed by atoms with Gasteiger partial charge in [0.05, 0.1) is 19.3 Å². The van der Waals surface area contributed by atoms with Crippen molar-refractivity contribution in [1.82, 2.24) is 10.6 Å². The van der Waals surface area contributed by atoms with E-state index in [1.807, 2.05) is 0 Å². The summed E-state index contributed by atoms with van der Waals surface area (Å²) in [5.74, 6) is 1.68. The van der Waals surface area contributed by atoms with Gasteiger partial charge in [-0.25, -0.2) is 4.99 Å². The molecule has 138 valence electrons. The van der Waals surface area contributed by atoms with Crippen LogP contribution in [-0.2, 0) is 22.6 Å². The monoisotopic (exact) mass is 345 g/mol. The van der Waals surface area contributed by atoms with E-state index in [-0.39, 0.29) is 0 Å². The Hall–Kier alpha value is -1.59. The van der Waals surface area contributed by atoms with Gasteiger partial charge in [0.15, 0.2) is 5.96 Å². The predicted octanol–water partition coefficient (Wildman–Crippen LogP) is 2.85. The number of nitrogens with zero attached hydrogens (tertiary/aromatic N) is 1. The molecular weight excluding hydrogens is 314 g/mol. The number of rotatable bonds is 7. The van der Waals surface area contributed by atoms with Crippen molar-refractivity contribution in [2.45, 2.75) is 58.4 Å². The summed E-state index contributed by atoms with van der Waals surface area (Å²) in [6.07, 6.45) is 3.58. The molecule has 1 aliphatic carbocycles. The first-order valence-corrected chi connectivity index (χ1v) is 9.56. The minimum atomic E-state index is 0.334. The van der Waals surface area contributed by atoms with Crippen LogP contribution in [0.4, 0.5) is 0 Å². The zero-order valence-corrected chi connectivity index (χ0v) is 15.5. The van der Waals surface area contributed by atoms with Crippen molar-refractivity contribution in [2.24, 2.45) is 10.9 Å². The lowest BCUT2D eigenvalue weighted by molar-refractivity contribution is -0.0390. The summed E-state index contributed by atoms with van der Waals surface area (Å²) in [5.41, 5.74) is 2.43. The lowest BCUT2D eigenvalue weighted by Gasteiger charge is -2.22. The average Bonchev–Trinajstić information content (AvgIpc) is 3.34. The number of benzene rings is 1. The lowest BCUT2D eigenvalue weighted by Crippen LogP contribution is -2.39. The molecule has 5 heteroatoms. The van der Waals surface area contributed by atoms with Crippen molar-refractivity contribution in [3.8, 4) is 0 Å². The number of nitrogens with one attached hydrogen (secondary N) is 2. The van der Waals surface area contributed by atoms with Gasteiger partial charge < -0.3 is 20.1 Å². The predicted molar refractivity (Wildman–Crippen MR) is 101 cm³/mol. The summed E-state index contributed by atoms with van der Waals surface area (Å²) in [6, 6.07) is 9.13. The maximum atomic E-state index is 6.02. The van der Waals surface area contributed by atoms with Crippen LogP contribution in [0.1, 0.15) is 44.2 Å². The Bertz CT molecular complexity index is 570. The van der Waals surface area contributed by atoms with E-state index in [0.29, 0.717) is 25.3 Å². The fourth-order valence-corrected chi connectivity index (χ4v) is 3.06. The number of ether oxygens (including phenoxy) is 2. The first-order valence-electron chi connectivity index (χ1n) is 9.56. The van der Waals surface area contributed by atoms with Gasteiger partial charge in [0.1, 0.15) is 0 Å². The van der Waals surface area contributed by atoms with Crippen LogP contribution in [0, 0.1) is 5.92 Å². The number of guanidine groups is 1. The molecule has 2 N–H and O–H groups in total. The Balaban J connectivity index is 1.51. The van der Waals surface area contributed by atoms with Gasteiger partial charge >= 0.3 is 0 Å². The molecule has 2 aliphatic rings. The third-order valence-corrected chi connectivity index (χ3v) is 4.84. The van der Waals surface area contributed by atoms with Crippen molar-refractivity contribution in [1.29, 1.82) is 0 Å². The molecule has 0 amide bonds. The second kappa shape index (κ2) is 9.20. The normalized spacial score (nSPS) is 24.2. The molecular formula is C20H31N3O2. The Morgan fingerprint density at radius 1 is 1.28 bits per heavy atom. The molecule has 2 atom stereocenters. The Labute approximate surface area is 151 Å². The molecule has 1 aliphatic heterocycles. The van der Waals surface area contributed by atoms with Gasteiger partial charge in [-0.15, -0.1) is 0 Å². The molecule has 1 saturated heterocycles. The highest BCUT2D eigenvalue weighted by atomic mass is 16.5. The molecule has 0 bridgehead atoms. The summed E-state index contributed by atoms with van der Waals surface area (Å²) < 4.78 is 11.4. The van der Waals surface area contributed by atoms with Gasteiger partial charge in [0, 0.05) is 25.8 Å². The third-order valence-electron chi connectivity index (χ3n) is 4.84. The average molecular weight is 345 g/mol. The molecule has 3 rings (SSSR count). The van der Waals surface area contributed by atoms with Gasteiger partial charge in [-0.3, -0.25) is 0 Å². The Morgan fingerprint density at radius 2 is 2.04 bits per heavy atom. The highest BCUT2D eigenvalue weighted by Gasteiger charge is 2.33. The second-order valence-corrected chi connectivity index (χ2v) is 7.10. The lowest BCUT2D eigenvalue weighted by atomic mass is 10.1. The molecule has 5 nitrogen and oxygen atoms in total. The van der Waals surface area contributed by atoms with Gasteiger partial charge in [-0.2, -0.15) is 0 Å². The zero-order chi connectivity index (χ0) is 17.5. The molecule has 2 fully saturated rings. The molecule has 1 saturated carbocycles. The molecule has 0 aromatic heterocycles. The van der Waals surface area contributed by atoms with E-state index in [4.69, 9.17) is 14.5 Å². The molecule has 2 unspecified atom stereocenters. The van der Waals surface area contributed by atoms with Crippen LogP contribution in [0.2, 0.25) is 0 Å². The van der Waals surface area contributed by atoms with Crippen LogP contribution >= 0.6 is 0 Å². The summed E-state index contributed by atoms with van der Waals surface area (Å²) in [7, 11) is 0. The smallest absolute Gasteiger partial charge is 0.191 e. The van der Waals surface area contributed by atoms with Gasteiger partial charge in [-0.1, -0.05) is 31.2 Å². The summed E-state index contributed by atoms with van der Waals surface area (Å²) in [5, 5.41) is 6.83. The first kappa shape index (κ1) is 18.2. The van der Waals surface area contributed by atoms with Gasteiger partial charge in [-0.05, 0) is 43.2 Å². The van der Waals surface area contributed by atoms with Crippen molar-refractivity contribution >= 4 is 5.96 Å². The van der Waals surface area contributed by atoms with E-state index in [2.05, 4.69) is 48.7 Å². The van der Waals surface area contributed by atoms with Crippen molar-refractivity contribution in [3.63, 3.8) is 0 Å². The van der Waals surface area contributed by atoms with Gasteiger partial charge in [0.25, 0.3) is 0 Å². The van der Waals surface area contributed by atoms with Crippen LogP contribution in [0.15, 0.2) is 29.3 Å². The minimum absolute atomic E-state index is 0.334. The van der Waals surface area contributed by atoms with Crippen LogP contribution in [0.5, 0.6) is 0 Å². The number of hydrogen-bond donors (Lipinski definition) is 2. The van der Waals surface area contributed by atoms with E-state index in [1.165, 1.54) is 17.5 Å². The number of aliphatic imine (C=N–C) groups is 1. The quantitative estimate of drug-likeness (QED) is 0.589. The Kier molecular flexibility index (Phi) is 6.70. The number of hydrogen-bond acceptors (Lipinski definition) is 3. The molecule has 0 radical (unpaired) electrons. The second-order valence-electron chi connectivity index (χ2n) is 7.10. The first-order chi connectivity index (χ1) is 12.2. The molecule has 1 heterocycles. The topological polar surface area (TPSA) is 54.9 Å². The molecule has 1 aromatic carbocycles. The molecule has 1 aromatic rings. The Morgan fingerprint density at radius 3 is 2.76 bits per heavy atom. The van der Waals surface area contributed by atoms with E-state index in [1.54, 1.807) is 0 Å². The van der Waals surface area contributed by atoms with Crippen LogP contribution in [0.25, 0.3) is 0 Å². The largest absolute Gasteiger partial charge is 0.381 e. The zero-order valence-electron chi connectivity index (χ0n) is 15.5. The van der Waals surface area contributed by atoms with E-state index < -0.39 is 0 Å². The maximum absolute atomic E-state index is 6.02. The van der Waals surface area contributed by atoms with Crippen molar-refractivity contribution in [3.05, 3.63) is 35.4 Å². The molecule has 0 spiro atoms. The fourth-order valence-electron chi connectivity index (χ4n) is 3.06. The van der Waals surface area contributed by atoms with Crippen LogP contribution < -0.4 is 10.6 Å². The van der Waals surface area contributed by atoms with Crippen molar-refractivity contribution < 1.29 is 9.47 Å². The van der Waals surface area contributed by atoms with Crippen LogP contribution in [-0.4, -0.2) is 37.9 Å². The highest BCUT2D eigenvalue weighted by molar-refractivity contribution is 5.80. The SMILES string of the molecule is CCNC(=NCc1cccc(COC2CCOCC2)c1)NC1CC1C. The molecule has 25 heavy (non-hydrogen) atoms. The fraction of sp³-hybridized carbons (Fsp3) is 0.650. The minimum Gasteiger partial charge on any atom is -0.381 e. The van der Waals surface area contributed by atoms with E-state index in [0.717, 1.165) is 44.5 Å². The standard InChI is InChI=1S/C20H31N3O2/c1-3-21-20(23-19-11-15(19)2)22-13-16-5-4-6-17(12-16)14-25-18-7-9-24-10-8-18/h4-6,12,15,18-19H,3,7-11,13-14H2,1-2H3,(H2,21,22,23). The third kappa shape index (κ3) is 6.01.